The Morgan fingerprint density at radius 1 is 1.31 bits per heavy atom. The number of hydrogen-bond donors (Lipinski definition) is 1. The topological polar surface area (TPSA) is 35.2 Å². The summed E-state index contributed by atoms with van der Waals surface area (Å²) in [6.45, 7) is 0.950. The van der Waals surface area contributed by atoms with Gasteiger partial charge in [-0.05, 0) is 61.7 Å². The molecule has 2 heteroatoms. The molecule has 0 aromatic carbocycles. The molecule has 3 aliphatic rings. The van der Waals surface area contributed by atoms with Crippen molar-refractivity contribution in [2.45, 2.75) is 51.0 Å². The Morgan fingerprint density at radius 2 is 2.19 bits per heavy atom. The molecule has 92 valence electrons. The average Bonchev–Trinajstić information content (AvgIpc) is 2.84. The molecule has 3 unspecified atom stereocenters. The molecule has 3 rings (SSSR count). The predicted molar refractivity (Wildman–Crippen MR) is 65.1 cm³/mol. The Labute approximate surface area is 98.9 Å². The first-order valence-electron chi connectivity index (χ1n) is 7.01. The third-order valence-electron chi connectivity index (χ3n) is 5.78. The molecule has 0 aliphatic heterocycles. The van der Waals surface area contributed by atoms with Crippen LogP contribution in [0.15, 0.2) is 0 Å². The maximum atomic E-state index is 6.55. The van der Waals surface area contributed by atoms with Crippen LogP contribution >= 0.6 is 0 Å². The van der Waals surface area contributed by atoms with Crippen LogP contribution < -0.4 is 5.73 Å². The van der Waals surface area contributed by atoms with Crippen LogP contribution in [0.5, 0.6) is 0 Å². The molecule has 2 N–H and O–H groups in total. The minimum Gasteiger partial charge on any atom is -0.384 e. The van der Waals surface area contributed by atoms with Crippen molar-refractivity contribution in [1.29, 1.82) is 0 Å². The lowest BCUT2D eigenvalue weighted by Gasteiger charge is -2.47. The van der Waals surface area contributed by atoms with Gasteiger partial charge >= 0.3 is 0 Å². The predicted octanol–water partition coefficient (Wildman–Crippen LogP) is 2.57. The zero-order chi connectivity index (χ0) is 11.2. The van der Waals surface area contributed by atoms with E-state index >= 15 is 0 Å². The fraction of sp³-hybridized carbons (Fsp3) is 1.00. The highest BCUT2D eigenvalue weighted by molar-refractivity contribution is 5.10. The van der Waals surface area contributed by atoms with Gasteiger partial charge in [-0.25, -0.2) is 0 Å². The lowest BCUT2D eigenvalue weighted by Crippen LogP contribution is -2.49. The van der Waals surface area contributed by atoms with E-state index in [-0.39, 0.29) is 0 Å². The fourth-order valence-electron chi connectivity index (χ4n) is 5.12. The van der Waals surface area contributed by atoms with Crippen LogP contribution in [-0.4, -0.2) is 19.8 Å². The first kappa shape index (κ1) is 11.0. The second kappa shape index (κ2) is 3.99. The molecule has 16 heavy (non-hydrogen) atoms. The third-order valence-corrected chi connectivity index (χ3v) is 5.78. The van der Waals surface area contributed by atoms with Crippen molar-refractivity contribution in [1.82, 2.24) is 0 Å². The van der Waals surface area contributed by atoms with Crippen LogP contribution in [0.4, 0.5) is 0 Å². The average molecular weight is 223 g/mol. The molecule has 0 heterocycles. The maximum Gasteiger partial charge on any atom is 0.0490 e. The van der Waals surface area contributed by atoms with Gasteiger partial charge in [0.15, 0.2) is 0 Å². The summed E-state index contributed by atoms with van der Waals surface area (Å²) in [6, 6.07) is 0.505. The van der Waals surface area contributed by atoms with E-state index in [9.17, 15) is 0 Å². The third kappa shape index (κ3) is 1.46. The lowest BCUT2D eigenvalue weighted by atomic mass is 9.60. The summed E-state index contributed by atoms with van der Waals surface area (Å²) in [5.74, 6) is 2.59. The van der Waals surface area contributed by atoms with E-state index in [0.717, 1.165) is 24.4 Å². The number of methoxy groups -OCH3 is 1. The lowest BCUT2D eigenvalue weighted by molar-refractivity contribution is 0.0196. The molecule has 3 saturated carbocycles. The molecule has 0 aromatic rings. The van der Waals surface area contributed by atoms with Crippen molar-refractivity contribution in [2.75, 3.05) is 13.7 Å². The van der Waals surface area contributed by atoms with Gasteiger partial charge in [0.2, 0.25) is 0 Å². The highest BCUT2D eigenvalue weighted by Gasteiger charge is 2.57. The fourth-order valence-corrected chi connectivity index (χ4v) is 5.12. The highest BCUT2D eigenvalue weighted by Crippen LogP contribution is 2.61. The van der Waals surface area contributed by atoms with Crippen LogP contribution in [0.3, 0.4) is 0 Å². The molecule has 1 spiro atoms. The monoisotopic (exact) mass is 223 g/mol. The summed E-state index contributed by atoms with van der Waals surface area (Å²) < 4.78 is 5.36. The summed E-state index contributed by atoms with van der Waals surface area (Å²) in [5.41, 5.74) is 7.07. The summed E-state index contributed by atoms with van der Waals surface area (Å²) in [5, 5.41) is 0. The summed E-state index contributed by atoms with van der Waals surface area (Å²) in [4.78, 5) is 0. The first-order chi connectivity index (χ1) is 7.76. The van der Waals surface area contributed by atoms with E-state index in [1.165, 1.54) is 44.9 Å². The van der Waals surface area contributed by atoms with Crippen molar-refractivity contribution >= 4 is 0 Å². The van der Waals surface area contributed by atoms with E-state index in [1.807, 2.05) is 7.11 Å². The van der Waals surface area contributed by atoms with Gasteiger partial charge in [-0.15, -0.1) is 0 Å². The normalized spacial score (nSPS) is 51.4. The SMILES string of the molecule is COCC1CCC[C@@]2(C1)C1CCC(C1)[C@H]2N. The van der Waals surface area contributed by atoms with Gasteiger partial charge in [0, 0.05) is 19.8 Å². The van der Waals surface area contributed by atoms with Crippen molar-refractivity contribution < 1.29 is 4.74 Å². The van der Waals surface area contributed by atoms with Gasteiger partial charge in [-0.3, -0.25) is 0 Å². The van der Waals surface area contributed by atoms with Gasteiger partial charge in [0.25, 0.3) is 0 Å². The van der Waals surface area contributed by atoms with E-state index in [2.05, 4.69) is 0 Å². The number of hydrogen-bond acceptors (Lipinski definition) is 2. The number of fused-ring (bicyclic) bond motifs is 3. The summed E-state index contributed by atoms with van der Waals surface area (Å²) in [6.07, 6.45) is 9.78. The standard InChI is InChI=1S/C14H25NO/c1-16-9-10-3-2-6-14(8-10)12-5-4-11(7-12)13(14)15/h10-13H,2-9,15H2,1H3/t10?,11?,12?,13-,14-/m1/s1. The van der Waals surface area contributed by atoms with Gasteiger partial charge in [-0.2, -0.15) is 0 Å². The second-order valence-electron chi connectivity index (χ2n) is 6.45. The minimum atomic E-state index is 0.505. The highest BCUT2D eigenvalue weighted by atomic mass is 16.5. The summed E-state index contributed by atoms with van der Waals surface area (Å²) in [7, 11) is 1.84. The van der Waals surface area contributed by atoms with Crippen LogP contribution in [-0.2, 0) is 4.74 Å². The number of rotatable bonds is 2. The molecule has 5 atom stereocenters. The van der Waals surface area contributed by atoms with Crippen LogP contribution in [0.1, 0.15) is 44.9 Å². The Hall–Kier alpha value is -0.0800. The quantitative estimate of drug-likeness (QED) is 0.781. The van der Waals surface area contributed by atoms with Gasteiger partial charge in [0.05, 0.1) is 0 Å². The molecule has 0 radical (unpaired) electrons. The van der Waals surface area contributed by atoms with E-state index in [4.69, 9.17) is 10.5 Å². The molecule has 0 saturated heterocycles. The second-order valence-corrected chi connectivity index (χ2v) is 6.45. The Balaban J connectivity index is 1.77. The Morgan fingerprint density at radius 3 is 2.88 bits per heavy atom. The van der Waals surface area contributed by atoms with Gasteiger partial charge in [0.1, 0.15) is 0 Å². The number of nitrogens with two attached hydrogens (primary N) is 1. The molecule has 2 nitrogen and oxygen atoms in total. The Bertz CT molecular complexity index is 261. The molecule has 3 fully saturated rings. The van der Waals surface area contributed by atoms with Crippen molar-refractivity contribution in [2.24, 2.45) is 28.9 Å². The van der Waals surface area contributed by atoms with Gasteiger partial charge < -0.3 is 10.5 Å². The van der Waals surface area contributed by atoms with Gasteiger partial charge in [-0.1, -0.05) is 6.42 Å². The smallest absolute Gasteiger partial charge is 0.0490 e. The van der Waals surface area contributed by atoms with E-state index in [1.54, 1.807) is 0 Å². The molecular weight excluding hydrogens is 198 g/mol. The minimum absolute atomic E-state index is 0.505. The van der Waals surface area contributed by atoms with Crippen LogP contribution in [0.2, 0.25) is 0 Å². The van der Waals surface area contributed by atoms with Crippen molar-refractivity contribution in [3.8, 4) is 0 Å². The molecule has 3 aliphatic carbocycles. The molecule has 0 aromatic heterocycles. The molecule has 0 amide bonds. The first-order valence-corrected chi connectivity index (χ1v) is 7.01. The number of ether oxygens (including phenoxy) is 1. The van der Waals surface area contributed by atoms with Crippen LogP contribution in [0.25, 0.3) is 0 Å². The maximum absolute atomic E-state index is 6.55. The van der Waals surface area contributed by atoms with E-state index in [0.29, 0.717) is 11.5 Å². The summed E-state index contributed by atoms with van der Waals surface area (Å²) >= 11 is 0. The molecular formula is C14H25NO. The zero-order valence-electron chi connectivity index (χ0n) is 10.5. The van der Waals surface area contributed by atoms with E-state index < -0.39 is 0 Å². The van der Waals surface area contributed by atoms with Crippen molar-refractivity contribution in [3.63, 3.8) is 0 Å². The largest absolute Gasteiger partial charge is 0.384 e. The van der Waals surface area contributed by atoms with Crippen LogP contribution in [0, 0.1) is 23.2 Å². The Kier molecular flexibility index (Phi) is 2.75. The van der Waals surface area contributed by atoms with Crippen molar-refractivity contribution in [3.05, 3.63) is 0 Å². The molecule has 2 bridgehead atoms. The zero-order valence-corrected chi connectivity index (χ0v) is 10.5.